The molecule has 2 aromatic carbocycles. The second-order valence-electron chi connectivity index (χ2n) is 4.27. The van der Waals surface area contributed by atoms with Crippen LogP contribution in [-0.4, -0.2) is 0 Å². The van der Waals surface area contributed by atoms with Crippen LogP contribution in [0.5, 0.6) is 5.75 Å². The average Bonchev–Trinajstić information content (AvgIpc) is 2.52. The fraction of sp³-hybridized carbons (Fsp3) is 0.0588. The van der Waals surface area contributed by atoms with E-state index in [1.165, 1.54) is 18.2 Å². The molecule has 0 amide bonds. The number of ether oxygens (including phenoxy) is 1. The maximum atomic E-state index is 12.8. The molecule has 0 unspecified atom stereocenters. The van der Waals surface area contributed by atoms with Crippen LogP contribution in [0, 0.1) is 28.5 Å². The van der Waals surface area contributed by atoms with Crippen molar-refractivity contribution in [2.45, 2.75) is 6.61 Å². The van der Waals surface area contributed by atoms with Crippen molar-refractivity contribution >= 4 is 6.08 Å². The van der Waals surface area contributed by atoms with Gasteiger partial charge in [0, 0.05) is 0 Å². The first-order chi connectivity index (χ1) is 10.2. The zero-order valence-corrected chi connectivity index (χ0v) is 11.1. The Morgan fingerprint density at radius 1 is 1.10 bits per heavy atom. The van der Waals surface area contributed by atoms with E-state index in [2.05, 4.69) is 0 Å². The SMILES string of the molecule is N#CC(C#N)=Cc1cccc(COc2ccc(F)cc2)c1. The first kappa shape index (κ1) is 14.3. The van der Waals surface area contributed by atoms with Crippen LogP contribution in [0.15, 0.2) is 54.1 Å². The van der Waals surface area contributed by atoms with Crippen LogP contribution < -0.4 is 4.74 Å². The van der Waals surface area contributed by atoms with Crippen LogP contribution in [0.1, 0.15) is 11.1 Å². The van der Waals surface area contributed by atoms with E-state index >= 15 is 0 Å². The van der Waals surface area contributed by atoms with Gasteiger partial charge in [-0.2, -0.15) is 10.5 Å². The van der Waals surface area contributed by atoms with E-state index in [1.54, 1.807) is 18.2 Å². The van der Waals surface area contributed by atoms with E-state index in [1.807, 2.05) is 30.3 Å². The van der Waals surface area contributed by atoms with Crippen molar-refractivity contribution in [3.63, 3.8) is 0 Å². The highest BCUT2D eigenvalue weighted by atomic mass is 19.1. The molecule has 0 spiro atoms. The Morgan fingerprint density at radius 3 is 2.48 bits per heavy atom. The van der Waals surface area contributed by atoms with Crippen LogP contribution in [0.4, 0.5) is 4.39 Å². The summed E-state index contributed by atoms with van der Waals surface area (Å²) in [5, 5.41) is 17.5. The molecule has 0 heterocycles. The highest BCUT2D eigenvalue weighted by Gasteiger charge is 1.99. The number of allylic oxidation sites excluding steroid dienone is 1. The summed E-state index contributed by atoms with van der Waals surface area (Å²) in [4.78, 5) is 0. The van der Waals surface area contributed by atoms with Crippen molar-refractivity contribution < 1.29 is 9.13 Å². The van der Waals surface area contributed by atoms with Crippen LogP contribution in [0.2, 0.25) is 0 Å². The van der Waals surface area contributed by atoms with Gasteiger partial charge in [-0.3, -0.25) is 0 Å². The third-order valence-corrected chi connectivity index (χ3v) is 2.72. The van der Waals surface area contributed by atoms with Gasteiger partial charge in [-0.15, -0.1) is 0 Å². The molecule has 0 saturated carbocycles. The molecule has 0 N–H and O–H groups in total. The number of rotatable bonds is 4. The van der Waals surface area contributed by atoms with Crippen LogP contribution in [-0.2, 0) is 6.61 Å². The second kappa shape index (κ2) is 6.88. The molecule has 0 aliphatic carbocycles. The average molecular weight is 278 g/mol. The van der Waals surface area contributed by atoms with Crippen molar-refractivity contribution in [2.24, 2.45) is 0 Å². The molecule has 2 aromatic rings. The molecule has 0 aromatic heterocycles. The zero-order valence-electron chi connectivity index (χ0n) is 11.1. The van der Waals surface area contributed by atoms with Gasteiger partial charge >= 0.3 is 0 Å². The summed E-state index contributed by atoms with van der Waals surface area (Å²) in [7, 11) is 0. The molecule has 0 aliphatic rings. The number of benzene rings is 2. The van der Waals surface area contributed by atoms with E-state index in [-0.39, 0.29) is 11.4 Å². The van der Waals surface area contributed by atoms with Crippen LogP contribution in [0.25, 0.3) is 6.08 Å². The third-order valence-electron chi connectivity index (χ3n) is 2.72. The monoisotopic (exact) mass is 278 g/mol. The predicted octanol–water partition coefficient (Wildman–Crippen LogP) is 3.84. The van der Waals surface area contributed by atoms with Crippen molar-refractivity contribution in [1.82, 2.24) is 0 Å². The van der Waals surface area contributed by atoms with Crippen LogP contribution in [0.3, 0.4) is 0 Å². The quantitative estimate of drug-likeness (QED) is 0.798. The molecule has 4 heteroatoms. The van der Waals surface area contributed by atoms with Crippen LogP contribution >= 0.6 is 0 Å². The fourth-order valence-electron chi connectivity index (χ4n) is 1.73. The number of halogens is 1. The Morgan fingerprint density at radius 2 is 1.81 bits per heavy atom. The van der Waals surface area contributed by atoms with Crippen molar-refractivity contribution in [1.29, 1.82) is 10.5 Å². The number of nitriles is 2. The Labute approximate surface area is 122 Å². The normalized spacial score (nSPS) is 9.29. The molecule has 102 valence electrons. The van der Waals surface area contributed by atoms with Gasteiger partial charge < -0.3 is 4.74 Å². The molecule has 0 bridgehead atoms. The van der Waals surface area contributed by atoms with E-state index < -0.39 is 0 Å². The van der Waals surface area contributed by atoms with Gasteiger partial charge in [0.2, 0.25) is 0 Å². The summed E-state index contributed by atoms with van der Waals surface area (Å²) in [6.07, 6.45) is 1.52. The molecule has 0 aliphatic heterocycles. The Bertz CT molecular complexity index is 721. The molecular weight excluding hydrogens is 267 g/mol. The van der Waals surface area contributed by atoms with E-state index in [0.717, 1.165) is 11.1 Å². The summed E-state index contributed by atoms with van der Waals surface area (Å²) < 4.78 is 18.3. The molecule has 0 radical (unpaired) electrons. The van der Waals surface area contributed by atoms with Gasteiger partial charge in [-0.05, 0) is 47.5 Å². The van der Waals surface area contributed by atoms with E-state index in [0.29, 0.717) is 12.4 Å². The fourth-order valence-corrected chi connectivity index (χ4v) is 1.73. The smallest absolute Gasteiger partial charge is 0.130 e. The third kappa shape index (κ3) is 4.19. The van der Waals surface area contributed by atoms with Gasteiger partial charge in [0.05, 0.1) is 0 Å². The first-order valence-electron chi connectivity index (χ1n) is 6.20. The van der Waals surface area contributed by atoms with Crippen molar-refractivity contribution in [3.8, 4) is 17.9 Å². The molecule has 0 fully saturated rings. The Hall–Kier alpha value is -3.11. The maximum Gasteiger partial charge on any atom is 0.130 e. The lowest BCUT2D eigenvalue weighted by atomic mass is 10.1. The zero-order chi connectivity index (χ0) is 15.1. The van der Waals surface area contributed by atoms with Gasteiger partial charge in [0.1, 0.15) is 35.9 Å². The Kier molecular flexibility index (Phi) is 4.69. The summed E-state index contributed by atoms with van der Waals surface area (Å²) in [6.45, 7) is 0.321. The highest BCUT2D eigenvalue weighted by molar-refractivity contribution is 5.62. The summed E-state index contributed by atoms with van der Waals surface area (Å²) in [5.41, 5.74) is 1.70. The Balaban J connectivity index is 2.08. The standard InChI is InChI=1S/C17H11FN2O/c18-16-4-6-17(7-5-16)21-12-14-3-1-2-13(8-14)9-15(10-19)11-20/h1-9H,12H2. The minimum Gasteiger partial charge on any atom is -0.489 e. The maximum absolute atomic E-state index is 12.8. The minimum atomic E-state index is -0.310. The lowest BCUT2D eigenvalue weighted by Crippen LogP contribution is -1.95. The molecule has 3 nitrogen and oxygen atoms in total. The molecule has 0 saturated heterocycles. The summed E-state index contributed by atoms with van der Waals surface area (Å²) in [6, 6.07) is 16.7. The highest BCUT2D eigenvalue weighted by Crippen LogP contribution is 2.15. The van der Waals surface area contributed by atoms with Crippen molar-refractivity contribution in [3.05, 3.63) is 71.0 Å². The number of nitrogens with zero attached hydrogens (tertiary/aromatic N) is 2. The van der Waals surface area contributed by atoms with Gasteiger partial charge in [0.25, 0.3) is 0 Å². The van der Waals surface area contributed by atoms with Gasteiger partial charge in [-0.1, -0.05) is 18.2 Å². The minimum absolute atomic E-state index is 0.0478. The lowest BCUT2D eigenvalue weighted by molar-refractivity contribution is 0.305. The van der Waals surface area contributed by atoms with Gasteiger partial charge in [0.15, 0.2) is 0 Å². The number of hydrogen-bond acceptors (Lipinski definition) is 3. The largest absolute Gasteiger partial charge is 0.489 e. The summed E-state index contributed by atoms with van der Waals surface area (Å²) in [5.74, 6) is 0.266. The van der Waals surface area contributed by atoms with E-state index in [4.69, 9.17) is 15.3 Å². The molecule has 21 heavy (non-hydrogen) atoms. The summed E-state index contributed by atoms with van der Waals surface area (Å²) >= 11 is 0. The molecule has 0 atom stereocenters. The predicted molar refractivity (Wildman–Crippen MR) is 76.4 cm³/mol. The second-order valence-corrected chi connectivity index (χ2v) is 4.27. The lowest BCUT2D eigenvalue weighted by Gasteiger charge is -2.06. The molecule has 2 rings (SSSR count). The van der Waals surface area contributed by atoms with E-state index in [9.17, 15) is 4.39 Å². The number of hydrogen-bond donors (Lipinski definition) is 0. The first-order valence-corrected chi connectivity index (χ1v) is 6.20. The van der Waals surface area contributed by atoms with Gasteiger partial charge in [-0.25, -0.2) is 4.39 Å². The topological polar surface area (TPSA) is 56.8 Å². The van der Waals surface area contributed by atoms with Crippen molar-refractivity contribution in [2.75, 3.05) is 0 Å². The molecular formula is C17H11FN2O.